The SMILES string of the molecule is COc1ccc(C2NC(=O)c3cc(C(C)C)sc3N2)cc1COc1ccc(F)c(Cl)c1. The highest BCUT2D eigenvalue weighted by molar-refractivity contribution is 7.16. The van der Waals surface area contributed by atoms with Crippen LogP contribution < -0.4 is 20.1 Å². The van der Waals surface area contributed by atoms with Gasteiger partial charge in [0.15, 0.2) is 0 Å². The van der Waals surface area contributed by atoms with Gasteiger partial charge in [-0.25, -0.2) is 4.39 Å². The quantitative estimate of drug-likeness (QED) is 0.466. The van der Waals surface area contributed by atoms with Crippen molar-refractivity contribution in [2.75, 3.05) is 12.4 Å². The summed E-state index contributed by atoms with van der Waals surface area (Å²) in [5.41, 5.74) is 2.33. The molecule has 31 heavy (non-hydrogen) atoms. The summed E-state index contributed by atoms with van der Waals surface area (Å²) in [4.78, 5) is 13.8. The van der Waals surface area contributed by atoms with Gasteiger partial charge >= 0.3 is 0 Å². The third-order valence-electron chi connectivity index (χ3n) is 5.04. The van der Waals surface area contributed by atoms with Crippen LogP contribution in [0.15, 0.2) is 42.5 Å². The summed E-state index contributed by atoms with van der Waals surface area (Å²) < 4.78 is 24.6. The molecule has 2 heterocycles. The van der Waals surface area contributed by atoms with E-state index in [0.29, 0.717) is 23.0 Å². The van der Waals surface area contributed by atoms with Gasteiger partial charge in [-0.3, -0.25) is 4.79 Å². The average molecular weight is 461 g/mol. The zero-order chi connectivity index (χ0) is 22.1. The van der Waals surface area contributed by atoms with Crippen LogP contribution in [0.25, 0.3) is 0 Å². The molecular formula is C23H22ClFN2O3S. The first-order valence-corrected chi connectivity index (χ1v) is 11.0. The molecule has 1 amide bonds. The van der Waals surface area contributed by atoms with E-state index < -0.39 is 5.82 Å². The fourth-order valence-corrected chi connectivity index (χ4v) is 4.59. The topological polar surface area (TPSA) is 59.6 Å². The van der Waals surface area contributed by atoms with Gasteiger partial charge in [-0.15, -0.1) is 11.3 Å². The molecule has 0 saturated heterocycles. The fraction of sp³-hybridized carbons (Fsp3) is 0.261. The van der Waals surface area contributed by atoms with Gasteiger partial charge in [0.05, 0.1) is 17.7 Å². The van der Waals surface area contributed by atoms with E-state index in [1.807, 2.05) is 24.3 Å². The number of nitrogens with one attached hydrogen (secondary N) is 2. The number of halogens is 2. The molecule has 0 radical (unpaired) electrons. The summed E-state index contributed by atoms with van der Waals surface area (Å²) in [6.45, 7) is 4.41. The predicted molar refractivity (Wildman–Crippen MR) is 121 cm³/mol. The second-order valence-corrected chi connectivity index (χ2v) is 9.02. The van der Waals surface area contributed by atoms with Crippen molar-refractivity contribution < 1.29 is 18.7 Å². The number of hydrogen-bond donors (Lipinski definition) is 2. The van der Waals surface area contributed by atoms with Crippen LogP contribution in [0, 0.1) is 5.82 Å². The summed E-state index contributed by atoms with van der Waals surface area (Å²) in [6, 6.07) is 11.8. The van der Waals surface area contributed by atoms with Crippen molar-refractivity contribution in [3.8, 4) is 11.5 Å². The largest absolute Gasteiger partial charge is 0.496 e. The molecule has 2 N–H and O–H groups in total. The molecule has 4 rings (SSSR count). The Morgan fingerprint density at radius 1 is 1.16 bits per heavy atom. The molecule has 162 valence electrons. The number of thiophene rings is 1. The van der Waals surface area contributed by atoms with Crippen LogP contribution in [-0.2, 0) is 6.61 Å². The van der Waals surface area contributed by atoms with E-state index in [-0.39, 0.29) is 23.7 Å². The van der Waals surface area contributed by atoms with Crippen molar-refractivity contribution in [2.24, 2.45) is 0 Å². The van der Waals surface area contributed by atoms with Crippen molar-refractivity contribution in [3.05, 3.63) is 74.9 Å². The summed E-state index contributed by atoms with van der Waals surface area (Å²) >= 11 is 7.43. The number of ether oxygens (including phenoxy) is 2. The molecule has 1 aliphatic heterocycles. The van der Waals surface area contributed by atoms with Crippen molar-refractivity contribution in [3.63, 3.8) is 0 Å². The molecule has 5 nitrogen and oxygen atoms in total. The molecule has 0 saturated carbocycles. The van der Waals surface area contributed by atoms with Crippen LogP contribution >= 0.6 is 22.9 Å². The number of carbonyl (C=O) groups excluding carboxylic acids is 1. The number of benzene rings is 2. The molecule has 3 aromatic rings. The van der Waals surface area contributed by atoms with Gasteiger partial charge < -0.3 is 20.1 Å². The lowest BCUT2D eigenvalue weighted by Crippen LogP contribution is -2.37. The summed E-state index contributed by atoms with van der Waals surface area (Å²) in [5.74, 6) is 0.858. The number of amides is 1. The number of carbonyl (C=O) groups is 1. The Morgan fingerprint density at radius 2 is 1.97 bits per heavy atom. The van der Waals surface area contributed by atoms with Crippen molar-refractivity contribution in [1.82, 2.24) is 5.32 Å². The van der Waals surface area contributed by atoms with E-state index in [4.69, 9.17) is 21.1 Å². The number of fused-ring (bicyclic) bond motifs is 1. The smallest absolute Gasteiger partial charge is 0.256 e. The normalized spacial score (nSPS) is 15.3. The Hall–Kier alpha value is -2.77. The summed E-state index contributed by atoms with van der Waals surface area (Å²) in [5, 5.41) is 7.29. The number of rotatable bonds is 6. The van der Waals surface area contributed by atoms with E-state index in [1.54, 1.807) is 18.4 Å². The van der Waals surface area contributed by atoms with Crippen molar-refractivity contribution in [1.29, 1.82) is 0 Å². The Bertz CT molecular complexity index is 1130. The maximum absolute atomic E-state index is 13.4. The van der Waals surface area contributed by atoms with Crippen LogP contribution in [0.3, 0.4) is 0 Å². The molecule has 8 heteroatoms. The Kier molecular flexibility index (Phi) is 6.07. The maximum Gasteiger partial charge on any atom is 0.256 e. The van der Waals surface area contributed by atoms with Gasteiger partial charge in [0, 0.05) is 16.5 Å². The molecule has 1 aliphatic rings. The highest BCUT2D eigenvalue weighted by atomic mass is 35.5. The number of methoxy groups -OCH3 is 1. The van der Waals surface area contributed by atoms with E-state index in [2.05, 4.69) is 24.5 Å². The van der Waals surface area contributed by atoms with E-state index in [1.165, 1.54) is 18.2 Å². The molecular weight excluding hydrogens is 439 g/mol. The zero-order valence-corrected chi connectivity index (χ0v) is 18.9. The molecule has 2 aromatic carbocycles. The van der Waals surface area contributed by atoms with E-state index >= 15 is 0 Å². The first-order chi connectivity index (χ1) is 14.9. The molecule has 0 fully saturated rings. The molecule has 1 unspecified atom stereocenters. The minimum absolute atomic E-state index is 0.000136. The third-order valence-corrected chi connectivity index (χ3v) is 6.70. The first kappa shape index (κ1) is 21.5. The maximum atomic E-state index is 13.4. The van der Waals surface area contributed by atoms with E-state index in [9.17, 15) is 9.18 Å². The van der Waals surface area contributed by atoms with Gasteiger partial charge in [0.25, 0.3) is 5.91 Å². The molecule has 1 aromatic heterocycles. The lowest BCUT2D eigenvalue weighted by atomic mass is 10.1. The highest BCUT2D eigenvalue weighted by Crippen LogP contribution is 2.38. The third kappa shape index (κ3) is 4.48. The summed E-state index contributed by atoms with van der Waals surface area (Å²) in [7, 11) is 1.58. The van der Waals surface area contributed by atoms with Crippen LogP contribution in [0.4, 0.5) is 9.39 Å². The van der Waals surface area contributed by atoms with Crippen LogP contribution in [0.1, 0.15) is 52.3 Å². The van der Waals surface area contributed by atoms with Crippen molar-refractivity contribution >= 4 is 33.8 Å². The Labute approximate surface area is 189 Å². The molecule has 1 atom stereocenters. The van der Waals surface area contributed by atoms with Gasteiger partial charge in [-0.2, -0.15) is 0 Å². The fourth-order valence-electron chi connectivity index (χ4n) is 3.33. The standard InChI is InChI=1S/C23H22ClFN2O3S/c1-12(2)20-10-16-22(28)26-21(27-23(16)31-20)13-4-7-19(29-3)14(8-13)11-30-15-5-6-18(25)17(24)9-15/h4-10,12,21,27H,11H2,1-3H3,(H,26,28). The lowest BCUT2D eigenvalue weighted by molar-refractivity contribution is 0.0936. The summed E-state index contributed by atoms with van der Waals surface area (Å²) in [6.07, 6.45) is -0.372. The Morgan fingerprint density at radius 3 is 2.68 bits per heavy atom. The average Bonchev–Trinajstić information content (AvgIpc) is 3.20. The number of hydrogen-bond acceptors (Lipinski definition) is 5. The van der Waals surface area contributed by atoms with Gasteiger partial charge in [-0.05, 0) is 41.8 Å². The number of anilines is 1. The van der Waals surface area contributed by atoms with Gasteiger partial charge in [0.1, 0.15) is 35.1 Å². The minimum atomic E-state index is -0.499. The van der Waals surface area contributed by atoms with E-state index in [0.717, 1.165) is 21.0 Å². The Balaban J connectivity index is 1.56. The first-order valence-electron chi connectivity index (χ1n) is 9.81. The second-order valence-electron chi connectivity index (χ2n) is 7.53. The monoisotopic (exact) mass is 460 g/mol. The predicted octanol–water partition coefficient (Wildman–Crippen LogP) is 6.11. The van der Waals surface area contributed by atoms with Gasteiger partial charge in [-0.1, -0.05) is 31.5 Å². The highest BCUT2D eigenvalue weighted by Gasteiger charge is 2.28. The molecule has 0 spiro atoms. The lowest BCUT2D eigenvalue weighted by Gasteiger charge is -2.26. The van der Waals surface area contributed by atoms with Crippen LogP contribution in [-0.4, -0.2) is 13.0 Å². The minimum Gasteiger partial charge on any atom is -0.496 e. The van der Waals surface area contributed by atoms with Crippen LogP contribution in [0.2, 0.25) is 5.02 Å². The van der Waals surface area contributed by atoms with Crippen LogP contribution in [0.5, 0.6) is 11.5 Å². The molecule has 0 bridgehead atoms. The second kappa shape index (κ2) is 8.77. The van der Waals surface area contributed by atoms with Gasteiger partial charge in [0.2, 0.25) is 0 Å². The zero-order valence-electron chi connectivity index (χ0n) is 17.3. The molecule has 0 aliphatic carbocycles. The van der Waals surface area contributed by atoms with Crippen molar-refractivity contribution in [2.45, 2.75) is 32.5 Å².